The standard InChI is InChI=1S/C13H28N2/c1-4-8-12(14)13(5-2)15-10-7-6-9-11(15)3/h11-13H,4-10,14H2,1-3H3. The van der Waals surface area contributed by atoms with Crippen molar-refractivity contribution in [3.63, 3.8) is 0 Å². The normalized spacial score (nSPS) is 27.6. The van der Waals surface area contributed by atoms with Crippen molar-refractivity contribution in [1.29, 1.82) is 0 Å². The van der Waals surface area contributed by atoms with Gasteiger partial charge >= 0.3 is 0 Å². The molecule has 2 N–H and O–H groups in total. The van der Waals surface area contributed by atoms with Crippen LogP contribution in [0.2, 0.25) is 0 Å². The van der Waals surface area contributed by atoms with Gasteiger partial charge in [0.15, 0.2) is 0 Å². The Balaban J connectivity index is 2.54. The van der Waals surface area contributed by atoms with Crippen molar-refractivity contribution in [3.05, 3.63) is 0 Å². The second-order valence-electron chi connectivity index (χ2n) is 5.01. The number of nitrogens with two attached hydrogens (primary N) is 1. The van der Waals surface area contributed by atoms with Gasteiger partial charge in [0, 0.05) is 18.1 Å². The molecule has 1 aliphatic rings. The zero-order chi connectivity index (χ0) is 11.3. The molecule has 0 aliphatic carbocycles. The van der Waals surface area contributed by atoms with Gasteiger partial charge in [-0.15, -0.1) is 0 Å². The van der Waals surface area contributed by atoms with Gasteiger partial charge in [-0.05, 0) is 39.2 Å². The van der Waals surface area contributed by atoms with Crippen molar-refractivity contribution in [3.8, 4) is 0 Å². The Hall–Kier alpha value is -0.0800. The van der Waals surface area contributed by atoms with Crippen LogP contribution in [0.4, 0.5) is 0 Å². The lowest BCUT2D eigenvalue weighted by atomic mass is 9.94. The molecule has 0 aromatic rings. The van der Waals surface area contributed by atoms with Crippen LogP contribution in [0.15, 0.2) is 0 Å². The third-order valence-electron chi connectivity index (χ3n) is 3.81. The van der Waals surface area contributed by atoms with E-state index in [0.717, 1.165) is 6.04 Å². The summed E-state index contributed by atoms with van der Waals surface area (Å²) in [5.74, 6) is 0. The van der Waals surface area contributed by atoms with Gasteiger partial charge in [-0.25, -0.2) is 0 Å². The molecule has 0 radical (unpaired) electrons. The maximum absolute atomic E-state index is 6.29. The second kappa shape index (κ2) is 6.49. The molecule has 1 aliphatic heterocycles. The molecule has 0 aromatic heterocycles. The number of rotatable bonds is 5. The Morgan fingerprint density at radius 3 is 2.60 bits per heavy atom. The molecule has 2 nitrogen and oxygen atoms in total. The van der Waals surface area contributed by atoms with Crippen molar-refractivity contribution in [2.24, 2.45) is 5.73 Å². The molecule has 90 valence electrons. The average Bonchev–Trinajstić information content (AvgIpc) is 2.22. The molecule has 0 amide bonds. The smallest absolute Gasteiger partial charge is 0.0247 e. The fourth-order valence-electron chi connectivity index (χ4n) is 2.92. The van der Waals surface area contributed by atoms with Crippen molar-refractivity contribution in [1.82, 2.24) is 4.90 Å². The first-order valence-electron chi connectivity index (χ1n) is 6.72. The molecule has 1 heterocycles. The van der Waals surface area contributed by atoms with Crippen LogP contribution in [0.25, 0.3) is 0 Å². The highest BCUT2D eigenvalue weighted by Gasteiger charge is 2.28. The average molecular weight is 212 g/mol. The zero-order valence-electron chi connectivity index (χ0n) is 10.7. The molecule has 2 heteroatoms. The quantitative estimate of drug-likeness (QED) is 0.759. The summed E-state index contributed by atoms with van der Waals surface area (Å²) in [4.78, 5) is 2.66. The van der Waals surface area contributed by atoms with E-state index in [1.165, 1.54) is 45.1 Å². The number of hydrogen-bond donors (Lipinski definition) is 1. The first-order chi connectivity index (χ1) is 7.20. The molecule has 0 saturated carbocycles. The predicted octanol–water partition coefficient (Wildman–Crippen LogP) is 2.77. The minimum Gasteiger partial charge on any atom is -0.326 e. The topological polar surface area (TPSA) is 29.3 Å². The minimum atomic E-state index is 0.376. The zero-order valence-corrected chi connectivity index (χ0v) is 10.7. The summed E-state index contributed by atoms with van der Waals surface area (Å²) in [5.41, 5.74) is 6.29. The van der Waals surface area contributed by atoms with Crippen molar-refractivity contribution >= 4 is 0 Å². The molecule has 1 rings (SSSR count). The van der Waals surface area contributed by atoms with Gasteiger partial charge in [0.25, 0.3) is 0 Å². The highest BCUT2D eigenvalue weighted by molar-refractivity contribution is 4.86. The Bertz CT molecular complexity index is 170. The highest BCUT2D eigenvalue weighted by atomic mass is 15.2. The summed E-state index contributed by atoms with van der Waals surface area (Å²) < 4.78 is 0. The molecule has 0 bridgehead atoms. The van der Waals surface area contributed by atoms with Crippen LogP contribution < -0.4 is 5.73 Å². The SMILES string of the molecule is CCCC(N)C(CC)N1CCCCC1C. The summed E-state index contributed by atoms with van der Waals surface area (Å²) in [6.45, 7) is 8.13. The maximum Gasteiger partial charge on any atom is 0.0247 e. The third-order valence-corrected chi connectivity index (χ3v) is 3.81. The highest BCUT2D eigenvalue weighted by Crippen LogP contribution is 2.22. The van der Waals surface area contributed by atoms with Crippen molar-refractivity contribution in [2.75, 3.05) is 6.54 Å². The van der Waals surface area contributed by atoms with Gasteiger partial charge in [0.2, 0.25) is 0 Å². The fourth-order valence-corrected chi connectivity index (χ4v) is 2.92. The van der Waals surface area contributed by atoms with E-state index in [1.54, 1.807) is 0 Å². The summed E-state index contributed by atoms with van der Waals surface area (Å²) in [5, 5.41) is 0. The molecule has 0 spiro atoms. The lowest BCUT2D eigenvalue weighted by Gasteiger charge is -2.42. The Morgan fingerprint density at radius 1 is 1.33 bits per heavy atom. The monoisotopic (exact) mass is 212 g/mol. The first kappa shape index (κ1) is 13.0. The molecule has 3 atom stereocenters. The molecular formula is C13H28N2. The Kier molecular flexibility index (Phi) is 5.62. The molecule has 1 fully saturated rings. The van der Waals surface area contributed by atoms with E-state index in [4.69, 9.17) is 5.73 Å². The molecule has 3 unspecified atom stereocenters. The van der Waals surface area contributed by atoms with Crippen LogP contribution in [0.5, 0.6) is 0 Å². The largest absolute Gasteiger partial charge is 0.326 e. The summed E-state index contributed by atoms with van der Waals surface area (Å²) in [7, 11) is 0. The van der Waals surface area contributed by atoms with Crippen LogP contribution in [-0.4, -0.2) is 29.6 Å². The van der Waals surface area contributed by atoms with Gasteiger partial charge in [-0.2, -0.15) is 0 Å². The first-order valence-corrected chi connectivity index (χ1v) is 6.72. The lowest BCUT2D eigenvalue weighted by Crippen LogP contribution is -2.52. The predicted molar refractivity (Wildman–Crippen MR) is 67.0 cm³/mol. The number of nitrogens with zero attached hydrogens (tertiary/aromatic N) is 1. The van der Waals surface area contributed by atoms with Crippen LogP contribution in [0, 0.1) is 0 Å². The molecule has 1 saturated heterocycles. The Labute approximate surface area is 95.2 Å². The molecule has 15 heavy (non-hydrogen) atoms. The van der Waals surface area contributed by atoms with E-state index in [1.807, 2.05) is 0 Å². The van der Waals surface area contributed by atoms with Crippen molar-refractivity contribution < 1.29 is 0 Å². The Morgan fingerprint density at radius 2 is 2.07 bits per heavy atom. The van der Waals surface area contributed by atoms with E-state index in [0.29, 0.717) is 12.1 Å². The molecule has 0 aromatic carbocycles. The summed E-state index contributed by atoms with van der Waals surface area (Å²) in [6, 6.07) is 1.73. The number of likely N-dealkylation sites (tertiary alicyclic amines) is 1. The van der Waals surface area contributed by atoms with Crippen LogP contribution in [0.3, 0.4) is 0 Å². The van der Waals surface area contributed by atoms with Crippen LogP contribution in [0.1, 0.15) is 59.3 Å². The van der Waals surface area contributed by atoms with E-state index in [2.05, 4.69) is 25.7 Å². The second-order valence-corrected chi connectivity index (χ2v) is 5.01. The van der Waals surface area contributed by atoms with Crippen LogP contribution >= 0.6 is 0 Å². The van der Waals surface area contributed by atoms with Gasteiger partial charge in [-0.1, -0.05) is 26.7 Å². The lowest BCUT2D eigenvalue weighted by molar-refractivity contribution is 0.0846. The summed E-state index contributed by atoms with van der Waals surface area (Å²) >= 11 is 0. The van der Waals surface area contributed by atoms with Crippen LogP contribution in [-0.2, 0) is 0 Å². The third kappa shape index (κ3) is 3.46. The van der Waals surface area contributed by atoms with Gasteiger partial charge < -0.3 is 5.73 Å². The van der Waals surface area contributed by atoms with Crippen molar-refractivity contribution in [2.45, 2.75) is 77.4 Å². The number of piperidine rings is 1. The van der Waals surface area contributed by atoms with E-state index < -0.39 is 0 Å². The van der Waals surface area contributed by atoms with E-state index in [9.17, 15) is 0 Å². The van der Waals surface area contributed by atoms with E-state index >= 15 is 0 Å². The molecular weight excluding hydrogens is 184 g/mol. The van der Waals surface area contributed by atoms with Gasteiger partial charge in [0.05, 0.1) is 0 Å². The minimum absolute atomic E-state index is 0.376. The summed E-state index contributed by atoms with van der Waals surface area (Å²) in [6.07, 6.45) is 7.69. The fraction of sp³-hybridized carbons (Fsp3) is 1.00. The maximum atomic E-state index is 6.29. The van der Waals surface area contributed by atoms with E-state index in [-0.39, 0.29) is 0 Å². The van der Waals surface area contributed by atoms with Gasteiger partial charge in [-0.3, -0.25) is 4.90 Å². The van der Waals surface area contributed by atoms with Gasteiger partial charge in [0.1, 0.15) is 0 Å². The number of hydrogen-bond acceptors (Lipinski definition) is 2.